The Morgan fingerprint density at radius 3 is 2.94 bits per heavy atom. The van der Waals surface area contributed by atoms with E-state index >= 15 is 0 Å². The number of aromatic nitrogens is 1. The number of rotatable bonds is 4. The summed E-state index contributed by atoms with van der Waals surface area (Å²) < 4.78 is 0. The summed E-state index contributed by atoms with van der Waals surface area (Å²) >= 11 is 1.58. The number of benzene rings is 1. The molecule has 0 bridgehead atoms. The van der Waals surface area contributed by atoms with E-state index in [1.54, 1.807) is 18.4 Å². The summed E-state index contributed by atoms with van der Waals surface area (Å²) in [6.07, 6.45) is 0. The standard InChI is InChI=1S/C13H15N3OS/c1-9-11(13(17)14-2)4-3-5-12(9)15-6-10-7-18-8-16-10/h3-5,7-8,15H,6H2,1-2H3,(H,14,17). The molecule has 0 aliphatic carbocycles. The van der Waals surface area contributed by atoms with Crippen molar-refractivity contribution < 1.29 is 4.79 Å². The molecule has 2 rings (SSSR count). The molecule has 0 saturated carbocycles. The second kappa shape index (κ2) is 5.64. The van der Waals surface area contributed by atoms with Crippen molar-refractivity contribution in [2.75, 3.05) is 12.4 Å². The zero-order valence-corrected chi connectivity index (χ0v) is 11.2. The zero-order chi connectivity index (χ0) is 13.0. The molecule has 4 nitrogen and oxygen atoms in total. The van der Waals surface area contributed by atoms with E-state index < -0.39 is 0 Å². The highest BCUT2D eigenvalue weighted by Gasteiger charge is 2.09. The minimum Gasteiger partial charge on any atom is -0.379 e. The monoisotopic (exact) mass is 261 g/mol. The van der Waals surface area contributed by atoms with Crippen molar-refractivity contribution in [1.82, 2.24) is 10.3 Å². The highest BCUT2D eigenvalue weighted by molar-refractivity contribution is 7.07. The molecule has 0 spiro atoms. The van der Waals surface area contributed by atoms with E-state index in [1.807, 2.05) is 36.0 Å². The van der Waals surface area contributed by atoms with Gasteiger partial charge in [0.15, 0.2) is 0 Å². The first-order chi connectivity index (χ1) is 8.72. The third-order valence-corrected chi connectivity index (χ3v) is 3.38. The second-order valence-corrected chi connectivity index (χ2v) is 4.61. The quantitative estimate of drug-likeness (QED) is 0.888. The van der Waals surface area contributed by atoms with E-state index in [9.17, 15) is 4.79 Å². The van der Waals surface area contributed by atoms with Crippen LogP contribution in [0.3, 0.4) is 0 Å². The Labute approximate surface area is 110 Å². The molecule has 0 aliphatic rings. The first-order valence-corrected chi connectivity index (χ1v) is 6.59. The summed E-state index contributed by atoms with van der Waals surface area (Å²) in [5.41, 5.74) is 5.42. The number of carbonyl (C=O) groups is 1. The van der Waals surface area contributed by atoms with E-state index in [0.717, 1.165) is 16.9 Å². The van der Waals surface area contributed by atoms with E-state index in [4.69, 9.17) is 0 Å². The van der Waals surface area contributed by atoms with Crippen LogP contribution in [0.1, 0.15) is 21.6 Å². The minimum absolute atomic E-state index is 0.0650. The summed E-state index contributed by atoms with van der Waals surface area (Å²) in [7, 11) is 1.64. The van der Waals surface area contributed by atoms with Gasteiger partial charge in [-0.05, 0) is 24.6 Å². The lowest BCUT2D eigenvalue weighted by Crippen LogP contribution is -2.19. The molecule has 0 radical (unpaired) electrons. The molecule has 0 atom stereocenters. The predicted octanol–water partition coefficient (Wildman–Crippen LogP) is 2.42. The molecule has 2 aromatic rings. The van der Waals surface area contributed by atoms with Gasteiger partial charge in [0.25, 0.3) is 5.91 Å². The summed E-state index contributed by atoms with van der Waals surface area (Å²) in [5, 5.41) is 7.95. The molecule has 5 heteroatoms. The van der Waals surface area contributed by atoms with Crippen LogP contribution in [0.5, 0.6) is 0 Å². The molecule has 1 amide bonds. The second-order valence-electron chi connectivity index (χ2n) is 3.89. The van der Waals surface area contributed by atoms with E-state index in [2.05, 4.69) is 15.6 Å². The van der Waals surface area contributed by atoms with Crippen molar-refractivity contribution in [2.24, 2.45) is 0 Å². The Hall–Kier alpha value is -1.88. The lowest BCUT2D eigenvalue weighted by molar-refractivity contribution is 0.0962. The van der Waals surface area contributed by atoms with Crippen LogP contribution in [0.2, 0.25) is 0 Å². The largest absolute Gasteiger partial charge is 0.379 e. The van der Waals surface area contributed by atoms with Gasteiger partial charge in [-0.15, -0.1) is 11.3 Å². The number of amides is 1. The van der Waals surface area contributed by atoms with Gasteiger partial charge < -0.3 is 10.6 Å². The van der Waals surface area contributed by atoms with Crippen LogP contribution in [0, 0.1) is 6.92 Å². The van der Waals surface area contributed by atoms with Crippen LogP contribution >= 0.6 is 11.3 Å². The lowest BCUT2D eigenvalue weighted by atomic mass is 10.1. The van der Waals surface area contributed by atoms with Crippen molar-refractivity contribution in [1.29, 1.82) is 0 Å². The van der Waals surface area contributed by atoms with E-state index in [0.29, 0.717) is 12.1 Å². The van der Waals surface area contributed by atoms with Crippen LogP contribution in [0.25, 0.3) is 0 Å². The van der Waals surface area contributed by atoms with Crippen LogP contribution in [0.4, 0.5) is 5.69 Å². The highest BCUT2D eigenvalue weighted by atomic mass is 32.1. The molecular formula is C13H15N3OS. The SMILES string of the molecule is CNC(=O)c1cccc(NCc2cscn2)c1C. The smallest absolute Gasteiger partial charge is 0.251 e. The van der Waals surface area contributed by atoms with Crippen molar-refractivity contribution in [3.05, 3.63) is 45.9 Å². The molecule has 0 fully saturated rings. The Morgan fingerprint density at radius 2 is 2.28 bits per heavy atom. The van der Waals surface area contributed by atoms with Crippen molar-refractivity contribution in [3.8, 4) is 0 Å². The van der Waals surface area contributed by atoms with Gasteiger partial charge >= 0.3 is 0 Å². The predicted molar refractivity (Wildman–Crippen MR) is 74.0 cm³/mol. The van der Waals surface area contributed by atoms with Gasteiger partial charge in [0.05, 0.1) is 17.7 Å². The fraction of sp³-hybridized carbons (Fsp3) is 0.231. The van der Waals surface area contributed by atoms with Gasteiger partial charge in [-0.1, -0.05) is 6.07 Å². The van der Waals surface area contributed by atoms with Gasteiger partial charge in [0, 0.05) is 23.7 Å². The number of nitrogens with zero attached hydrogens (tertiary/aromatic N) is 1. The molecule has 1 aromatic heterocycles. The summed E-state index contributed by atoms with van der Waals surface area (Å²) in [4.78, 5) is 15.9. The molecule has 0 aliphatic heterocycles. The molecule has 1 aromatic carbocycles. The maximum atomic E-state index is 11.7. The number of nitrogens with one attached hydrogen (secondary N) is 2. The number of hydrogen-bond donors (Lipinski definition) is 2. The average molecular weight is 261 g/mol. The Morgan fingerprint density at radius 1 is 1.44 bits per heavy atom. The molecule has 1 heterocycles. The van der Waals surface area contributed by atoms with E-state index in [1.165, 1.54) is 0 Å². The highest BCUT2D eigenvalue weighted by Crippen LogP contribution is 2.19. The fourth-order valence-corrected chi connectivity index (χ4v) is 2.28. The third-order valence-electron chi connectivity index (χ3n) is 2.75. The van der Waals surface area contributed by atoms with Crippen LogP contribution in [-0.4, -0.2) is 17.9 Å². The Balaban J connectivity index is 2.16. The molecule has 18 heavy (non-hydrogen) atoms. The Kier molecular flexibility index (Phi) is 3.94. The summed E-state index contributed by atoms with van der Waals surface area (Å²) in [6, 6.07) is 5.66. The van der Waals surface area contributed by atoms with E-state index in [-0.39, 0.29) is 5.91 Å². The number of thiazole rings is 1. The topological polar surface area (TPSA) is 54.0 Å². The molecule has 2 N–H and O–H groups in total. The average Bonchev–Trinajstić information content (AvgIpc) is 2.90. The molecule has 0 unspecified atom stereocenters. The first kappa shape index (κ1) is 12.6. The van der Waals surface area contributed by atoms with Crippen molar-refractivity contribution in [3.63, 3.8) is 0 Å². The molecule has 94 valence electrons. The van der Waals surface area contributed by atoms with Gasteiger partial charge in [0.1, 0.15) is 0 Å². The maximum Gasteiger partial charge on any atom is 0.251 e. The maximum absolute atomic E-state index is 11.7. The van der Waals surface area contributed by atoms with Crippen LogP contribution in [0.15, 0.2) is 29.1 Å². The number of carbonyl (C=O) groups excluding carboxylic acids is 1. The normalized spacial score (nSPS) is 10.1. The van der Waals surface area contributed by atoms with Gasteiger partial charge in [-0.3, -0.25) is 4.79 Å². The summed E-state index contributed by atoms with van der Waals surface area (Å²) in [6.45, 7) is 2.61. The van der Waals surface area contributed by atoms with Gasteiger partial charge in [-0.25, -0.2) is 4.98 Å². The Bertz CT molecular complexity index is 537. The van der Waals surface area contributed by atoms with Crippen LogP contribution in [-0.2, 0) is 6.54 Å². The van der Waals surface area contributed by atoms with Gasteiger partial charge in [0.2, 0.25) is 0 Å². The first-order valence-electron chi connectivity index (χ1n) is 5.65. The number of hydrogen-bond acceptors (Lipinski definition) is 4. The van der Waals surface area contributed by atoms with Crippen molar-refractivity contribution in [2.45, 2.75) is 13.5 Å². The molecule has 0 saturated heterocycles. The minimum atomic E-state index is -0.0650. The number of anilines is 1. The third kappa shape index (κ3) is 2.68. The fourth-order valence-electron chi connectivity index (χ4n) is 1.72. The summed E-state index contributed by atoms with van der Waals surface area (Å²) in [5.74, 6) is -0.0650. The van der Waals surface area contributed by atoms with Gasteiger partial charge in [-0.2, -0.15) is 0 Å². The lowest BCUT2D eigenvalue weighted by Gasteiger charge is -2.11. The molecular weight excluding hydrogens is 246 g/mol. The van der Waals surface area contributed by atoms with Crippen LogP contribution < -0.4 is 10.6 Å². The zero-order valence-electron chi connectivity index (χ0n) is 10.4. The van der Waals surface area contributed by atoms with Crippen molar-refractivity contribution >= 4 is 22.9 Å².